The maximum absolute atomic E-state index is 6.08. The fraction of sp³-hybridized carbons (Fsp3) is 1.00. The van der Waals surface area contributed by atoms with E-state index in [2.05, 4.69) is 58.3 Å². The lowest BCUT2D eigenvalue weighted by Gasteiger charge is -2.49. The molecule has 1 atom stereocenters. The molecule has 21 heavy (non-hydrogen) atoms. The minimum Gasteiger partial charge on any atom is -0.373 e. The first-order valence-electron chi connectivity index (χ1n) is 8.73. The average molecular weight is 296 g/mol. The highest BCUT2D eigenvalue weighted by atomic mass is 16.5. The molecular weight excluding hydrogens is 260 g/mol. The van der Waals surface area contributed by atoms with Crippen molar-refractivity contribution in [3.8, 4) is 0 Å². The molecule has 0 amide bonds. The zero-order valence-corrected chi connectivity index (χ0v) is 15.3. The molecule has 0 aromatic carbocycles. The molecular formula is C18H36N2O. The van der Waals surface area contributed by atoms with Crippen LogP contribution >= 0.6 is 0 Å². The molecule has 0 bridgehead atoms. The first-order valence-corrected chi connectivity index (χ1v) is 8.73. The minimum atomic E-state index is 0.0111. The number of piperazine rings is 1. The van der Waals surface area contributed by atoms with Gasteiger partial charge in [-0.2, -0.15) is 0 Å². The Morgan fingerprint density at radius 3 is 1.86 bits per heavy atom. The molecule has 2 aliphatic rings. The largest absolute Gasteiger partial charge is 0.373 e. The number of nitrogens with zero attached hydrogens (tertiary/aromatic N) is 2. The van der Waals surface area contributed by atoms with Gasteiger partial charge in [0.1, 0.15) is 0 Å². The molecule has 0 aromatic heterocycles. The lowest BCUT2D eigenvalue weighted by molar-refractivity contribution is -0.125. The highest BCUT2D eigenvalue weighted by Gasteiger charge is 2.39. The van der Waals surface area contributed by atoms with E-state index >= 15 is 0 Å². The van der Waals surface area contributed by atoms with Crippen LogP contribution in [0.15, 0.2) is 0 Å². The van der Waals surface area contributed by atoms with Crippen molar-refractivity contribution < 1.29 is 4.74 Å². The lowest BCUT2D eigenvalue weighted by Crippen LogP contribution is -2.57. The fourth-order valence-corrected chi connectivity index (χ4v) is 3.69. The summed E-state index contributed by atoms with van der Waals surface area (Å²) in [6.07, 6.45) is 2.99. The van der Waals surface area contributed by atoms with Crippen LogP contribution in [-0.4, -0.2) is 59.3 Å². The number of hydrogen-bond donors (Lipinski definition) is 0. The van der Waals surface area contributed by atoms with Gasteiger partial charge in [0.15, 0.2) is 0 Å². The van der Waals surface area contributed by atoms with Gasteiger partial charge in [0.05, 0.1) is 11.7 Å². The monoisotopic (exact) mass is 296 g/mol. The van der Waals surface area contributed by atoms with Crippen molar-refractivity contribution in [3.05, 3.63) is 0 Å². The third-order valence-corrected chi connectivity index (χ3v) is 5.17. The van der Waals surface area contributed by atoms with Crippen LogP contribution in [0, 0.1) is 5.92 Å². The quantitative estimate of drug-likeness (QED) is 0.794. The van der Waals surface area contributed by atoms with Gasteiger partial charge in [0.2, 0.25) is 0 Å². The molecule has 1 heterocycles. The smallest absolute Gasteiger partial charge is 0.0602 e. The molecule has 0 aromatic rings. The van der Waals surface area contributed by atoms with Gasteiger partial charge >= 0.3 is 0 Å². The average Bonchev–Trinajstić information content (AvgIpc) is 2.30. The molecule has 3 heteroatoms. The van der Waals surface area contributed by atoms with Gasteiger partial charge in [0, 0.05) is 37.8 Å². The summed E-state index contributed by atoms with van der Waals surface area (Å²) in [6, 6.07) is 0.715. The van der Waals surface area contributed by atoms with Gasteiger partial charge in [0.25, 0.3) is 0 Å². The topological polar surface area (TPSA) is 15.7 Å². The van der Waals surface area contributed by atoms with E-state index in [0.717, 1.165) is 5.92 Å². The highest BCUT2D eigenvalue weighted by molar-refractivity contribution is 4.92. The standard InChI is InChI=1S/C18H36N2O/c1-14(15-12-16(13-15)21-18(5,6)7)19-8-10-20(11-9-19)17(2,3)4/h14-16H,8-13H2,1-7H3. The molecule has 0 N–H and O–H groups in total. The molecule has 124 valence electrons. The van der Waals surface area contributed by atoms with Gasteiger partial charge in [-0.15, -0.1) is 0 Å². The second-order valence-corrected chi connectivity index (χ2v) is 9.02. The van der Waals surface area contributed by atoms with Crippen LogP contribution in [0.1, 0.15) is 61.3 Å². The Balaban J connectivity index is 1.73. The predicted octanol–water partition coefficient (Wildman–Crippen LogP) is 3.38. The Morgan fingerprint density at radius 1 is 0.905 bits per heavy atom. The zero-order chi connectivity index (χ0) is 15.8. The van der Waals surface area contributed by atoms with Crippen molar-refractivity contribution in [3.63, 3.8) is 0 Å². The van der Waals surface area contributed by atoms with Crippen LogP contribution in [0.2, 0.25) is 0 Å². The number of ether oxygens (including phenoxy) is 1. The molecule has 2 fully saturated rings. The number of rotatable bonds is 3. The van der Waals surface area contributed by atoms with Gasteiger partial charge in [-0.25, -0.2) is 0 Å². The summed E-state index contributed by atoms with van der Waals surface area (Å²) in [7, 11) is 0. The van der Waals surface area contributed by atoms with Gasteiger partial charge in [-0.05, 0) is 67.2 Å². The lowest BCUT2D eigenvalue weighted by atomic mass is 9.76. The van der Waals surface area contributed by atoms with Gasteiger partial charge in [-0.1, -0.05) is 0 Å². The highest BCUT2D eigenvalue weighted by Crippen LogP contribution is 2.37. The van der Waals surface area contributed by atoms with Crippen LogP contribution in [0.25, 0.3) is 0 Å². The molecule has 0 radical (unpaired) electrons. The first-order chi connectivity index (χ1) is 9.56. The van der Waals surface area contributed by atoms with E-state index in [0.29, 0.717) is 17.7 Å². The predicted molar refractivity (Wildman–Crippen MR) is 89.7 cm³/mol. The minimum absolute atomic E-state index is 0.0111. The summed E-state index contributed by atoms with van der Waals surface area (Å²) in [5.41, 5.74) is 0.328. The first kappa shape index (κ1) is 17.2. The van der Waals surface area contributed by atoms with E-state index in [1.165, 1.54) is 39.0 Å². The van der Waals surface area contributed by atoms with Crippen molar-refractivity contribution in [1.29, 1.82) is 0 Å². The van der Waals surface area contributed by atoms with E-state index < -0.39 is 0 Å². The Bertz CT molecular complexity index is 328. The third kappa shape index (κ3) is 4.67. The summed E-state index contributed by atoms with van der Waals surface area (Å²) in [6.45, 7) is 20.8. The molecule has 2 rings (SSSR count). The van der Waals surface area contributed by atoms with Gasteiger partial charge in [-0.3, -0.25) is 9.80 Å². The summed E-state index contributed by atoms with van der Waals surface area (Å²) >= 11 is 0. The molecule has 1 saturated carbocycles. The summed E-state index contributed by atoms with van der Waals surface area (Å²) < 4.78 is 6.08. The molecule has 1 aliphatic heterocycles. The summed E-state index contributed by atoms with van der Waals surface area (Å²) in [5.74, 6) is 0.832. The van der Waals surface area contributed by atoms with Crippen molar-refractivity contribution in [1.82, 2.24) is 9.80 Å². The maximum Gasteiger partial charge on any atom is 0.0602 e. The van der Waals surface area contributed by atoms with Crippen molar-refractivity contribution in [2.24, 2.45) is 5.92 Å². The van der Waals surface area contributed by atoms with Crippen molar-refractivity contribution in [2.45, 2.75) is 84.6 Å². The van der Waals surface area contributed by atoms with E-state index in [1.807, 2.05) is 0 Å². The van der Waals surface area contributed by atoms with Crippen LogP contribution in [-0.2, 0) is 4.74 Å². The Morgan fingerprint density at radius 2 is 1.43 bits per heavy atom. The van der Waals surface area contributed by atoms with E-state index in [-0.39, 0.29) is 5.60 Å². The van der Waals surface area contributed by atoms with E-state index in [1.54, 1.807) is 0 Å². The Kier molecular flexibility index (Phi) is 5.07. The van der Waals surface area contributed by atoms with E-state index in [9.17, 15) is 0 Å². The molecule has 1 unspecified atom stereocenters. The fourth-order valence-electron chi connectivity index (χ4n) is 3.69. The maximum atomic E-state index is 6.08. The van der Waals surface area contributed by atoms with Crippen LogP contribution in [0.3, 0.4) is 0 Å². The molecule has 0 spiro atoms. The summed E-state index contributed by atoms with van der Waals surface area (Å²) in [5, 5.41) is 0. The summed E-state index contributed by atoms with van der Waals surface area (Å²) in [4.78, 5) is 5.31. The zero-order valence-electron chi connectivity index (χ0n) is 15.3. The van der Waals surface area contributed by atoms with E-state index in [4.69, 9.17) is 4.74 Å². The number of hydrogen-bond acceptors (Lipinski definition) is 3. The second kappa shape index (κ2) is 6.17. The van der Waals surface area contributed by atoms with Gasteiger partial charge < -0.3 is 4.74 Å². The normalized spacial score (nSPS) is 31.0. The van der Waals surface area contributed by atoms with Crippen LogP contribution < -0.4 is 0 Å². The Hall–Kier alpha value is -0.120. The SMILES string of the molecule is CC(C1CC(OC(C)(C)C)C1)N1CCN(C(C)(C)C)CC1. The molecule has 1 saturated heterocycles. The second-order valence-electron chi connectivity index (χ2n) is 9.02. The van der Waals surface area contributed by atoms with Crippen LogP contribution in [0.5, 0.6) is 0 Å². The molecule has 3 nitrogen and oxygen atoms in total. The van der Waals surface area contributed by atoms with Crippen molar-refractivity contribution >= 4 is 0 Å². The third-order valence-electron chi connectivity index (χ3n) is 5.17. The molecule has 1 aliphatic carbocycles. The van der Waals surface area contributed by atoms with Crippen LogP contribution in [0.4, 0.5) is 0 Å². The Labute approximate surface area is 132 Å². The van der Waals surface area contributed by atoms with Crippen molar-refractivity contribution in [2.75, 3.05) is 26.2 Å².